The Morgan fingerprint density at radius 3 is 3.30 bits per heavy atom. The quantitative estimate of drug-likeness (QED) is 0.613. The summed E-state index contributed by atoms with van der Waals surface area (Å²) in [6, 6.07) is 0. The number of hydrogen-bond acceptors (Lipinski definition) is 2. The van der Waals surface area contributed by atoms with Crippen molar-refractivity contribution in [2.24, 2.45) is 0 Å². The van der Waals surface area contributed by atoms with E-state index in [9.17, 15) is 0 Å². The predicted molar refractivity (Wildman–Crippen MR) is 48.0 cm³/mol. The van der Waals surface area contributed by atoms with Gasteiger partial charge in [0.05, 0.1) is 0 Å². The highest BCUT2D eigenvalue weighted by atomic mass is 32.2. The summed E-state index contributed by atoms with van der Waals surface area (Å²) < 4.78 is 0. The molecule has 0 radical (unpaired) electrons. The molecule has 0 saturated heterocycles. The molecule has 2 heteroatoms. The van der Waals surface area contributed by atoms with Crippen LogP contribution >= 0.6 is 11.8 Å². The number of allylic oxidation sites excluding steroid dienone is 1. The van der Waals surface area contributed by atoms with Gasteiger partial charge in [-0.3, -0.25) is 0 Å². The van der Waals surface area contributed by atoms with Gasteiger partial charge in [0.2, 0.25) is 0 Å². The number of rotatable bonds is 2. The Morgan fingerprint density at radius 1 is 2.00 bits per heavy atom. The van der Waals surface area contributed by atoms with Gasteiger partial charge < -0.3 is 5.32 Å². The largest absolute Gasteiger partial charge is 0.387 e. The van der Waals surface area contributed by atoms with Gasteiger partial charge in [-0.15, -0.1) is 18.3 Å². The average Bonchev–Trinajstić information content (AvgIpc) is 1.95. The molecule has 1 N–H and O–H groups in total. The highest BCUT2D eigenvalue weighted by molar-refractivity contribution is 8.02. The van der Waals surface area contributed by atoms with E-state index in [2.05, 4.69) is 24.2 Å². The van der Waals surface area contributed by atoms with E-state index >= 15 is 0 Å². The van der Waals surface area contributed by atoms with E-state index in [1.807, 2.05) is 17.8 Å². The van der Waals surface area contributed by atoms with Crippen molar-refractivity contribution in [2.45, 2.75) is 18.6 Å². The molecule has 10 heavy (non-hydrogen) atoms. The van der Waals surface area contributed by atoms with Crippen LogP contribution in [0.5, 0.6) is 0 Å². The summed E-state index contributed by atoms with van der Waals surface area (Å²) >= 11 is 1.89. The molecule has 0 saturated carbocycles. The summed E-state index contributed by atoms with van der Waals surface area (Å²) in [4.78, 5) is 0. The molecular formula is C8H13NS. The third kappa shape index (κ3) is 2.10. The van der Waals surface area contributed by atoms with E-state index in [1.165, 1.54) is 5.70 Å². The van der Waals surface area contributed by atoms with Crippen molar-refractivity contribution in [1.29, 1.82) is 0 Å². The Bertz CT molecular complexity index is 151. The van der Waals surface area contributed by atoms with Gasteiger partial charge in [-0.1, -0.05) is 13.0 Å². The molecule has 0 bridgehead atoms. The molecule has 0 aliphatic carbocycles. The molecule has 0 amide bonds. The molecule has 1 heterocycles. The number of hydrogen-bond donors (Lipinski definition) is 1. The van der Waals surface area contributed by atoms with Gasteiger partial charge in [0.15, 0.2) is 0 Å². The minimum Gasteiger partial charge on any atom is -0.387 e. The van der Waals surface area contributed by atoms with Crippen LogP contribution in [0, 0.1) is 0 Å². The van der Waals surface area contributed by atoms with Crippen molar-refractivity contribution in [2.75, 3.05) is 6.54 Å². The number of nitrogens with one attached hydrogen (secondary N) is 1. The molecule has 0 fully saturated rings. The smallest absolute Gasteiger partial charge is 0.0264 e. The lowest BCUT2D eigenvalue weighted by Gasteiger charge is -2.19. The maximum absolute atomic E-state index is 3.68. The van der Waals surface area contributed by atoms with Crippen LogP contribution in [-0.4, -0.2) is 11.8 Å². The highest BCUT2D eigenvalue weighted by Crippen LogP contribution is 2.19. The Hall–Kier alpha value is -0.370. The Labute approximate surface area is 66.6 Å². The van der Waals surface area contributed by atoms with Crippen molar-refractivity contribution < 1.29 is 0 Å². The van der Waals surface area contributed by atoms with Gasteiger partial charge in [0.1, 0.15) is 0 Å². The maximum Gasteiger partial charge on any atom is 0.0264 e. The molecule has 1 aliphatic rings. The summed E-state index contributed by atoms with van der Waals surface area (Å²) in [5, 5.41) is 6.25. The maximum atomic E-state index is 3.68. The lowest BCUT2D eigenvalue weighted by molar-refractivity contribution is 0.758. The first kappa shape index (κ1) is 7.73. The monoisotopic (exact) mass is 155 g/mol. The van der Waals surface area contributed by atoms with Crippen LogP contribution in [0.3, 0.4) is 0 Å². The zero-order chi connectivity index (χ0) is 7.40. The van der Waals surface area contributed by atoms with E-state index in [0.717, 1.165) is 13.0 Å². The van der Waals surface area contributed by atoms with Crippen LogP contribution in [0.4, 0.5) is 0 Å². The molecule has 1 nitrogen and oxygen atoms in total. The third-order valence-electron chi connectivity index (χ3n) is 1.42. The van der Waals surface area contributed by atoms with Crippen LogP contribution in [0.1, 0.15) is 13.3 Å². The predicted octanol–water partition coefficient (Wildman–Crippen LogP) is 2.13. The fourth-order valence-corrected chi connectivity index (χ4v) is 1.59. The summed E-state index contributed by atoms with van der Waals surface area (Å²) in [5.41, 5.74) is 1.30. The summed E-state index contributed by atoms with van der Waals surface area (Å²) in [5.74, 6) is 0. The second-order valence-electron chi connectivity index (χ2n) is 2.46. The van der Waals surface area contributed by atoms with Gasteiger partial charge in [-0.05, 0) is 5.41 Å². The Morgan fingerprint density at radius 2 is 2.80 bits per heavy atom. The zero-order valence-corrected chi connectivity index (χ0v) is 7.08. The summed E-state index contributed by atoms with van der Waals surface area (Å²) in [7, 11) is 0. The lowest BCUT2D eigenvalue weighted by atomic mass is 10.3. The standard InChI is InChI=1S/C8H13NS/c1-3-4-8-6-10-7(2)5-9-8/h3,6-7,9H,1,4-5H2,2H3/t7-/m0/s1. The first-order valence-electron chi connectivity index (χ1n) is 3.52. The fourth-order valence-electron chi connectivity index (χ4n) is 0.839. The normalized spacial score (nSPS) is 24.9. The lowest BCUT2D eigenvalue weighted by Crippen LogP contribution is -2.25. The van der Waals surface area contributed by atoms with E-state index < -0.39 is 0 Å². The van der Waals surface area contributed by atoms with E-state index in [1.54, 1.807) is 0 Å². The van der Waals surface area contributed by atoms with Crippen molar-refractivity contribution in [3.63, 3.8) is 0 Å². The van der Waals surface area contributed by atoms with Crippen LogP contribution in [0.2, 0.25) is 0 Å². The third-order valence-corrected chi connectivity index (χ3v) is 2.48. The molecule has 0 aromatic heterocycles. The first-order valence-corrected chi connectivity index (χ1v) is 4.46. The molecule has 0 aromatic rings. The summed E-state index contributed by atoms with van der Waals surface area (Å²) in [6.45, 7) is 6.99. The van der Waals surface area contributed by atoms with Crippen molar-refractivity contribution in [3.05, 3.63) is 23.8 Å². The minimum absolute atomic E-state index is 0.716. The average molecular weight is 155 g/mol. The second-order valence-corrected chi connectivity index (χ2v) is 3.78. The summed E-state index contributed by atoms with van der Waals surface area (Å²) in [6.07, 6.45) is 2.90. The highest BCUT2D eigenvalue weighted by Gasteiger charge is 2.07. The molecular weight excluding hydrogens is 142 g/mol. The molecule has 56 valence electrons. The Kier molecular flexibility index (Phi) is 2.87. The van der Waals surface area contributed by atoms with Gasteiger partial charge in [0.25, 0.3) is 0 Å². The first-order chi connectivity index (χ1) is 4.83. The van der Waals surface area contributed by atoms with Gasteiger partial charge in [-0.2, -0.15) is 0 Å². The van der Waals surface area contributed by atoms with Crippen LogP contribution < -0.4 is 5.32 Å². The van der Waals surface area contributed by atoms with Crippen LogP contribution in [0.15, 0.2) is 23.8 Å². The topological polar surface area (TPSA) is 12.0 Å². The van der Waals surface area contributed by atoms with E-state index in [0.29, 0.717) is 5.25 Å². The molecule has 0 aromatic carbocycles. The van der Waals surface area contributed by atoms with Crippen molar-refractivity contribution in [3.8, 4) is 0 Å². The number of thioether (sulfide) groups is 1. The van der Waals surface area contributed by atoms with Crippen LogP contribution in [0.25, 0.3) is 0 Å². The van der Waals surface area contributed by atoms with E-state index in [4.69, 9.17) is 0 Å². The van der Waals surface area contributed by atoms with Crippen molar-refractivity contribution >= 4 is 11.8 Å². The van der Waals surface area contributed by atoms with Gasteiger partial charge in [-0.25, -0.2) is 0 Å². The van der Waals surface area contributed by atoms with Crippen LogP contribution in [-0.2, 0) is 0 Å². The SMILES string of the molecule is C=CCC1=CS[C@@H](C)CN1. The molecule has 0 unspecified atom stereocenters. The molecule has 1 atom stereocenters. The minimum atomic E-state index is 0.716. The van der Waals surface area contributed by atoms with Gasteiger partial charge in [0, 0.05) is 23.9 Å². The molecule has 1 aliphatic heterocycles. The van der Waals surface area contributed by atoms with Crippen molar-refractivity contribution in [1.82, 2.24) is 5.32 Å². The fraction of sp³-hybridized carbons (Fsp3) is 0.500. The molecule has 1 rings (SSSR count). The Balaban J connectivity index is 2.40. The second kappa shape index (κ2) is 3.71. The zero-order valence-electron chi connectivity index (χ0n) is 6.26. The van der Waals surface area contributed by atoms with Gasteiger partial charge >= 0.3 is 0 Å². The van der Waals surface area contributed by atoms with E-state index in [-0.39, 0.29) is 0 Å². The molecule has 0 spiro atoms.